The van der Waals surface area contributed by atoms with Crippen LogP contribution in [0.15, 0.2) is 5.38 Å². The zero-order valence-electron chi connectivity index (χ0n) is 10.9. The van der Waals surface area contributed by atoms with Gasteiger partial charge in [-0.1, -0.05) is 13.8 Å². The molecule has 1 heterocycles. The number of aromatic nitrogens is 1. The molecule has 0 radical (unpaired) electrons. The normalized spacial score (nSPS) is 15.2. The number of nitrogens with one attached hydrogen (secondary N) is 1. The van der Waals surface area contributed by atoms with E-state index >= 15 is 0 Å². The quantitative estimate of drug-likeness (QED) is 0.722. The molecule has 4 heteroatoms. The van der Waals surface area contributed by atoms with E-state index in [9.17, 15) is 0 Å². The van der Waals surface area contributed by atoms with Crippen LogP contribution in [0.4, 0.5) is 5.13 Å². The Morgan fingerprint density at radius 3 is 2.88 bits per heavy atom. The Labute approximate surface area is 108 Å². The summed E-state index contributed by atoms with van der Waals surface area (Å²) in [6, 6.07) is 0.776. The third-order valence-corrected chi connectivity index (χ3v) is 3.90. The van der Waals surface area contributed by atoms with Crippen molar-refractivity contribution < 1.29 is 0 Å². The molecule has 0 aromatic carbocycles. The third-order valence-electron chi connectivity index (χ3n) is 2.97. The summed E-state index contributed by atoms with van der Waals surface area (Å²) in [7, 11) is 0. The molecule has 0 unspecified atom stereocenters. The molecular formula is C13H23N3S. The molecule has 0 saturated heterocycles. The molecule has 1 fully saturated rings. The Bertz CT molecular complexity index is 333. The van der Waals surface area contributed by atoms with E-state index in [4.69, 9.17) is 4.98 Å². The van der Waals surface area contributed by atoms with Gasteiger partial charge in [-0.2, -0.15) is 0 Å². The topological polar surface area (TPSA) is 28.2 Å². The lowest BCUT2D eigenvalue weighted by molar-refractivity contribution is 0.665. The number of nitrogens with zero attached hydrogens (tertiary/aromatic N) is 2. The molecule has 1 aliphatic carbocycles. The molecule has 2 rings (SSSR count). The molecule has 1 N–H and O–H groups in total. The van der Waals surface area contributed by atoms with Crippen LogP contribution in [0, 0.1) is 0 Å². The van der Waals surface area contributed by atoms with E-state index in [1.807, 2.05) is 0 Å². The second kappa shape index (κ2) is 6.36. The molecule has 1 saturated carbocycles. The van der Waals surface area contributed by atoms with E-state index in [2.05, 4.69) is 29.4 Å². The first kappa shape index (κ1) is 12.8. The predicted molar refractivity (Wildman–Crippen MR) is 74.8 cm³/mol. The van der Waals surface area contributed by atoms with Gasteiger partial charge in [0.25, 0.3) is 0 Å². The number of hydrogen-bond donors (Lipinski definition) is 1. The maximum absolute atomic E-state index is 4.74. The first-order valence-corrected chi connectivity index (χ1v) is 7.64. The van der Waals surface area contributed by atoms with E-state index in [0.717, 1.165) is 25.7 Å². The molecule has 1 aromatic heterocycles. The summed E-state index contributed by atoms with van der Waals surface area (Å²) in [6.07, 6.45) is 5.09. The van der Waals surface area contributed by atoms with Gasteiger partial charge in [0.2, 0.25) is 0 Å². The van der Waals surface area contributed by atoms with Gasteiger partial charge in [-0.15, -0.1) is 11.3 Å². The lowest BCUT2D eigenvalue weighted by atomic mass is 10.4. The summed E-state index contributed by atoms with van der Waals surface area (Å²) in [5, 5.41) is 6.83. The lowest BCUT2D eigenvalue weighted by Gasteiger charge is -2.20. The first-order valence-electron chi connectivity index (χ1n) is 6.77. The maximum atomic E-state index is 4.74. The van der Waals surface area contributed by atoms with Crippen molar-refractivity contribution in [3.8, 4) is 0 Å². The number of anilines is 1. The first-order chi connectivity index (χ1) is 8.35. The molecule has 1 aliphatic rings. The summed E-state index contributed by atoms with van der Waals surface area (Å²) in [6.45, 7) is 7.57. The maximum Gasteiger partial charge on any atom is 0.185 e. The fourth-order valence-electron chi connectivity index (χ4n) is 1.96. The fourth-order valence-corrected chi connectivity index (χ4v) is 2.89. The molecule has 0 spiro atoms. The summed E-state index contributed by atoms with van der Waals surface area (Å²) in [5.74, 6) is 0. The molecule has 0 amide bonds. The minimum atomic E-state index is 0.776. The lowest BCUT2D eigenvalue weighted by Crippen LogP contribution is -2.26. The number of hydrogen-bond acceptors (Lipinski definition) is 4. The average molecular weight is 253 g/mol. The highest BCUT2D eigenvalue weighted by atomic mass is 32.1. The van der Waals surface area contributed by atoms with E-state index in [-0.39, 0.29) is 0 Å². The van der Waals surface area contributed by atoms with Gasteiger partial charge in [-0.05, 0) is 32.2 Å². The summed E-state index contributed by atoms with van der Waals surface area (Å²) in [4.78, 5) is 7.24. The highest BCUT2D eigenvalue weighted by Crippen LogP contribution is 2.33. The van der Waals surface area contributed by atoms with Gasteiger partial charge in [-0.25, -0.2) is 4.98 Å². The monoisotopic (exact) mass is 253 g/mol. The van der Waals surface area contributed by atoms with Crippen molar-refractivity contribution in [2.75, 3.05) is 18.0 Å². The second-order valence-electron chi connectivity index (χ2n) is 4.72. The largest absolute Gasteiger partial charge is 0.345 e. The average Bonchev–Trinajstić information content (AvgIpc) is 3.06. The Kier molecular flexibility index (Phi) is 4.80. The molecule has 0 aliphatic heterocycles. The highest BCUT2D eigenvalue weighted by molar-refractivity contribution is 7.13. The van der Waals surface area contributed by atoms with Crippen LogP contribution in [-0.4, -0.2) is 24.1 Å². The smallest absolute Gasteiger partial charge is 0.185 e. The van der Waals surface area contributed by atoms with Gasteiger partial charge in [0.1, 0.15) is 0 Å². The Morgan fingerprint density at radius 2 is 2.24 bits per heavy atom. The van der Waals surface area contributed by atoms with Gasteiger partial charge in [-0.3, -0.25) is 0 Å². The number of thiazole rings is 1. The third kappa shape index (κ3) is 3.68. The van der Waals surface area contributed by atoms with Crippen LogP contribution in [-0.2, 0) is 6.54 Å². The van der Waals surface area contributed by atoms with Crippen LogP contribution < -0.4 is 10.2 Å². The highest BCUT2D eigenvalue weighted by Gasteiger charge is 2.30. The molecular weight excluding hydrogens is 230 g/mol. The number of rotatable bonds is 8. The van der Waals surface area contributed by atoms with Gasteiger partial charge in [0.05, 0.1) is 5.69 Å². The van der Waals surface area contributed by atoms with E-state index in [1.54, 1.807) is 11.3 Å². The predicted octanol–water partition coefficient (Wildman–Crippen LogP) is 3.02. The van der Waals surface area contributed by atoms with E-state index in [1.165, 1.54) is 36.5 Å². The Hall–Kier alpha value is -0.610. The molecule has 3 nitrogen and oxygen atoms in total. The second-order valence-corrected chi connectivity index (χ2v) is 5.56. The van der Waals surface area contributed by atoms with Crippen molar-refractivity contribution in [1.82, 2.24) is 10.3 Å². The molecule has 96 valence electrons. The summed E-state index contributed by atoms with van der Waals surface area (Å²) in [5.41, 5.74) is 1.19. The Balaban J connectivity index is 1.90. The standard InChI is InChI=1S/C13H23N3S/c1-3-7-14-9-11-10-17-13(15-11)16(8-4-2)12-5-6-12/h10,12,14H,3-9H2,1-2H3. The molecule has 0 bridgehead atoms. The van der Waals surface area contributed by atoms with Crippen molar-refractivity contribution >= 4 is 16.5 Å². The zero-order chi connectivity index (χ0) is 12.1. The molecule has 17 heavy (non-hydrogen) atoms. The van der Waals surface area contributed by atoms with Crippen LogP contribution in [0.3, 0.4) is 0 Å². The Morgan fingerprint density at radius 1 is 1.41 bits per heavy atom. The van der Waals surface area contributed by atoms with Crippen LogP contribution in [0.1, 0.15) is 45.2 Å². The van der Waals surface area contributed by atoms with Gasteiger partial charge in [0.15, 0.2) is 5.13 Å². The van der Waals surface area contributed by atoms with Crippen LogP contribution in [0.25, 0.3) is 0 Å². The van der Waals surface area contributed by atoms with Crippen molar-refractivity contribution in [2.45, 2.75) is 52.1 Å². The fraction of sp³-hybridized carbons (Fsp3) is 0.769. The van der Waals surface area contributed by atoms with Crippen molar-refractivity contribution in [1.29, 1.82) is 0 Å². The van der Waals surface area contributed by atoms with Gasteiger partial charge >= 0.3 is 0 Å². The van der Waals surface area contributed by atoms with Gasteiger partial charge < -0.3 is 10.2 Å². The van der Waals surface area contributed by atoms with Crippen molar-refractivity contribution in [3.05, 3.63) is 11.1 Å². The van der Waals surface area contributed by atoms with E-state index in [0.29, 0.717) is 0 Å². The van der Waals surface area contributed by atoms with E-state index < -0.39 is 0 Å². The summed E-state index contributed by atoms with van der Waals surface area (Å²) < 4.78 is 0. The minimum Gasteiger partial charge on any atom is -0.345 e. The van der Waals surface area contributed by atoms with Crippen LogP contribution in [0.5, 0.6) is 0 Å². The summed E-state index contributed by atoms with van der Waals surface area (Å²) >= 11 is 1.80. The van der Waals surface area contributed by atoms with Crippen molar-refractivity contribution in [3.63, 3.8) is 0 Å². The van der Waals surface area contributed by atoms with Gasteiger partial charge in [0, 0.05) is 24.5 Å². The zero-order valence-corrected chi connectivity index (χ0v) is 11.7. The molecule has 0 atom stereocenters. The molecule has 1 aromatic rings. The van der Waals surface area contributed by atoms with Crippen molar-refractivity contribution in [2.24, 2.45) is 0 Å². The van der Waals surface area contributed by atoms with Crippen LogP contribution in [0.2, 0.25) is 0 Å². The van der Waals surface area contributed by atoms with Crippen LogP contribution >= 0.6 is 11.3 Å². The minimum absolute atomic E-state index is 0.776. The SMILES string of the molecule is CCCNCc1csc(N(CCC)C2CC2)n1.